The Balaban J connectivity index is 2.30. The molecule has 0 aliphatic heterocycles. The molecule has 2 rings (SSSR count). The second-order valence-corrected chi connectivity index (χ2v) is 4.19. The largest absolute Gasteiger partial charge is 0.357 e. The molecule has 0 aliphatic carbocycles. The van der Waals surface area contributed by atoms with Gasteiger partial charge in [-0.05, 0) is 13.0 Å². The van der Waals surface area contributed by atoms with Gasteiger partial charge in [0.05, 0.1) is 6.54 Å². The van der Waals surface area contributed by atoms with E-state index in [4.69, 9.17) is 0 Å². The van der Waals surface area contributed by atoms with Crippen LogP contribution in [0.3, 0.4) is 0 Å². The van der Waals surface area contributed by atoms with Crippen LogP contribution in [0.5, 0.6) is 0 Å². The molecule has 0 amide bonds. The summed E-state index contributed by atoms with van der Waals surface area (Å²) in [5.41, 5.74) is -0.0676. The molecule has 2 heterocycles. The summed E-state index contributed by atoms with van der Waals surface area (Å²) >= 11 is 0. The number of nitrogens with one attached hydrogen (secondary N) is 1. The van der Waals surface area contributed by atoms with Crippen LogP contribution in [-0.2, 0) is 13.6 Å². The maximum Gasteiger partial charge on any atom is 0.328 e. The minimum Gasteiger partial charge on any atom is -0.357 e. The van der Waals surface area contributed by atoms with Crippen molar-refractivity contribution in [3.63, 3.8) is 0 Å². The molecular weight excluding hydrogens is 234 g/mol. The second kappa shape index (κ2) is 4.48. The lowest BCUT2D eigenvalue weighted by molar-refractivity contribution is 0.0970. The van der Waals surface area contributed by atoms with Crippen molar-refractivity contribution in [2.24, 2.45) is 7.05 Å². The highest BCUT2D eigenvalue weighted by Crippen LogP contribution is 2.02. The molecule has 0 radical (unpaired) electrons. The average molecular weight is 247 g/mol. The van der Waals surface area contributed by atoms with E-state index in [-0.39, 0.29) is 12.3 Å². The van der Waals surface area contributed by atoms with Gasteiger partial charge in [-0.3, -0.25) is 19.1 Å². The first-order chi connectivity index (χ1) is 8.47. The predicted octanol–water partition coefficient (Wildman–Crippen LogP) is 0.0664. The summed E-state index contributed by atoms with van der Waals surface area (Å²) in [6.07, 6.45) is 4.84. The zero-order valence-corrected chi connectivity index (χ0v) is 10.1. The lowest BCUT2D eigenvalue weighted by Crippen LogP contribution is -2.32. The van der Waals surface area contributed by atoms with Crippen LogP contribution in [0.1, 0.15) is 15.9 Å². The first-order valence-electron chi connectivity index (χ1n) is 5.43. The van der Waals surface area contributed by atoms with E-state index in [1.54, 1.807) is 30.0 Å². The van der Waals surface area contributed by atoms with Crippen LogP contribution >= 0.6 is 0 Å². The van der Waals surface area contributed by atoms with Crippen molar-refractivity contribution in [2.45, 2.75) is 13.5 Å². The molecule has 0 spiro atoms. The standard InChI is InChI=1S/C12H13N3O3/c1-8-5-15(12(18)13-11(8)17)7-10(16)9-3-4-14(2)6-9/h3-6H,7H2,1-2H3,(H,13,17,18). The maximum atomic E-state index is 11.9. The van der Waals surface area contributed by atoms with Crippen LogP contribution in [0.25, 0.3) is 0 Å². The number of hydrogen-bond donors (Lipinski definition) is 1. The molecule has 0 aliphatic rings. The predicted molar refractivity (Wildman–Crippen MR) is 65.8 cm³/mol. The van der Waals surface area contributed by atoms with Crippen molar-refractivity contribution in [3.8, 4) is 0 Å². The molecule has 2 aromatic heterocycles. The first-order valence-corrected chi connectivity index (χ1v) is 5.43. The molecule has 0 saturated heterocycles. The van der Waals surface area contributed by atoms with Gasteiger partial charge in [-0.1, -0.05) is 0 Å². The van der Waals surface area contributed by atoms with E-state index in [9.17, 15) is 14.4 Å². The summed E-state index contributed by atoms with van der Waals surface area (Å²) in [4.78, 5) is 36.8. The van der Waals surface area contributed by atoms with Crippen LogP contribution in [0.15, 0.2) is 34.2 Å². The Labute approximate surface area is 103 Å². The lowest BCUT2D eigenvalue weighted by Gasteiger charge is -2.04. The molecule has 6 heteroatoms. The van der Waals surface area contributed by atoms with Gasteiger partial charge in [0.2, 0.25) is 0 Å². The van der Waals surface area contributed by atoms with Gasteiger partial charge >= 0.3 is 5.69 Å². The number of hydrogen-bond acceptors (Lipinski definition) is 3. The highest BCUT2D eigenvalue weighted by atomic mass is 16.2. The molecule has 0 aromatic carbocycles. The van der Waals surface area contributed by atoms with Gasteiger partial charge in [0.15, 0.2) is 5.78 Å². The van der Waals surface area contributed by atoms with Gasteiger partial charge in [-0.25, -0.2) is 4.79 Å². The molecule has 0 bridgehead atoms. The molecule has 2 aromatic rings. The third-order valence-corrected chi connectivity index (χ3v) is 2.66. The van der Waals surface area contributed by atoms with Crippen LogP contribution in [0.2, 0.25) is 0 Å². The number of aryl methyl sites for hydroxylation is 2. The molecule has 0 saturated carbocycles. The molecule has 0 atom stereocenters. The van der Waals surface area contributed by atoms with Gasteiger partial charge in [-0.15, -0.1) is 0 Å². The number of aromatic amines is 1. The number of H-pyrrole nitrogens is 1. The second-order valence-electron chi connectivity index (χ2n) is 4.19. The van der Waals surface area contributed by atoms with Crippen molar-refractivity contribution < 1.29 is 4.79 Å². The molecule has 0 unspecified atom stereocenters. The molecule has 1 N–H and O–H groups in total. The highest BCUT2D eigenvalue weighted by molar-refractivity contribution is 5.95. The summed E-state index contributed by atoms with van der Waals surface area (Å²) in [5.74, 6) is -0.177. The summed E-state index contributed by atoms with van der Waals surface area (Å²) in [6.45, 7) is 1.50. The Hall–Kier alpha value is -2.37. The van der Waals surface area contributed by atoms with E-state index in [0.717, 1.165) is 0 Å². The first kappa shape index (κ1) is 12.1. The monoisotopic (exact) mass is 247 g/mol. The van der Waals surface area contributed by atoms with Crippen molar-refractivity contribution >= 4 is 5.78 Å². The topological polar surface area (TPSA) is 76.9 Å². The van der Waals surface area contributed by atoms with Crippen molar-refractivity contribution in [3.05, 3.63) is 56.6 Å². The number of Topliss-reactive ketones (excluding diaryl/α,β-unsaturated/α-hetero) is 1. The van der Waals surface area contributed by atoms with Crippen LogP contribution in [-0.4, -0.2) is 19.9 Å². The fourth-order valence-corrected chi connectivity index (χ4v) is 1.65. The number of carbonyl (C=O) groups is 1. The molecule has 0 fully saturated rings. The minimum atomic E-state index is -0.574. The number of rotatable bonds is 3. The Kier molecular flexibility index (Phi) is 3.01. The van der Waals surface area contributed by atoms with E-state index < -0.39 is 11.2 Å². The summed E-state index contributed by atoms with van der Waals surface area (Å²) < 4.78 is 2.96. The molecular formula is C12H13N3O3. The molecule has 6 nitrogen and oxygen atoms in total. The average Bonchev–Trinajstić information content (AvgIpc) is 2.73. The van der Waals surface area contributed by atoms with Crippen molar-refractivity contribution in [1.29, 1.82) is 0 Å². The fraction of sp³-hybridized carbons (Fsp3) is 0.250. The van der Waals surface area contributed by atoms with E-state index in [1.165, 1.54) is 10.8 Å². The van der Waals surface area contributed by atoms with Crippen LogP contribution < -0.4 is 11.2 Å². The quantitative estimate of drug-likeness (QED) is 0.779. The van der Waals surface area contributed by atoms with E-state index in [0.29, 0.717) is 11.1 Å². The molecule has 94 valence electrons. The Morgan fingerprint density at radius 1 is 1.33 bits per heavy atom. The zero-order chi connectivity index (χ0) is 13.3. The van der Waals surface area contributed by atoms with Crippen LogP contribution in [0, 0.1) is 6.92 Å². The Morgan fingerprint density at radius 3 is 2.67 bits per heavy atom. The fourth-order valence-electron chi connectivity index (χ4n) is 1.65. The highest BCUT2D eigenvalue weighted by Gasteiger charge is 2.10. The summed E-state index contributed by atoms with van der Waals surface area (Å²) in [7, 11) is 1.81. The Bertz CT molecular complexity index is 706. The molecule has 18 heavy (non-hydrogen) atoms. The van der Waals surface area contributed by atoms with Gasteiger partial charge < -0.3 is 4.57 Å². The number of aromatic nitrogens is 3. The normalized spacial score (nSPS) is 10.6. The van der Waals surface area contributed by atoms with Gasteiger partial charge in [0.25, 0.3) is 5.56 Å². The van der Waals surface area contributed by atoms with Crippen molar-refractivity contribution in [2.75, 3.05) is 0 Å². The summed E-state index contributed by atoms with van der Waals surface area (Å²) in [6, 6.07) is 1.69. The van der Waals surface area contributed by atoms with Gasteiger partial charge in [-0.2, -0.15) is 0 Å². The van der Waals surface area contributed by atoms with E-state index in [1.807, 2.05) is 7.05 Å². The summed E-state index contributed by atoms with van der Waals surface area (Å²) in [5, 5.41) is 0. The number of carbonyl (C=O) groups excluding carboxylic acids is 1. The van der Waals surface area contributed by atoms with Gasteiger partial charge in [0, 0.05) is 36.8 Å². The van der Waals surface area contributed by atoms with Crippen molar-refractivity contribution in [1.82, 2.24) is 14.1 Å². The lowest BCUT2D eigenvalue weighted by atomic mass is 10.2. The third-order valence-electron chi connectivity index (χ3n) is 2.66. The number of ketones is 1. The maximum absolute atomic E-state index is 11.9. The smallest absolute Gasteiger partial charge is 0.328 e. The zero-order valence-electron chi connectivity index (χ0n) is 10.1. The third kappa shape index (κ3) is 2.32. The van der Waals surface area contributed by atoms with E-state index in [2.05, 4.69) is 4.98 Å². The van der Waals surface area contributed by atoms with Gasteiger partial charge in [0.1, 0.15) is 0 Å². The SMILES string of the molecule is Cc1cn(CC(=O)c2ccn(C)c2)c(=O)[nH]c1=O. The minimum absolute atomic E-state index is 0.0829. The number of nitrogens with zero attached hydrogens (tertiary/aromatic N) is 2. The van der Waals surface area contributed by atoms with E-state index >= 15 is 0 Å². The Morgan fingerprint density at radius 2 is 2.06 bits per heavy atom. The van der Waals surface area contributed by atoms with Crippen LogP contribution in [0.4, 0.5) is 0 Å².